The minimum atomic E-state index is -0.897. The lowest BCUT2D eigenvalue weighted by molar-refractivity contribution is 0.242. The molecule has 0 N–H and O–H groups in total. The Labute approximate surface area is 160 Å². The lowest BCUT2D eigenvalue weighted by Gasteiger charge is -2.25. The summed E-state index contributed by atoms with van der Waals surface area (Å²) >= 11 is 0. The fourth-order valence-corrected chi connectivity index (χ4v) is 2.88. The number of para-hydroxylation sites is 1. The second-order valence-electron chi connectivity index (χ2n) is 6.46. The van der Waals surface area contributed by atoms with E-state index in [-0.39, 0.29) is 17.5 Å². The van der Waals surface area contributed by atoms with E-state index in [4.69, 9.17) is 4.74 Å². The molecule has 0 radical (unpaired) electrons. The quantitative estimate of drug-likeness (QED) is 0.645. The molecule has 9 heteroatoms. The molecule has 1 heterocycles. The van der Waals surface area contributed by atoms with Gasteiger partial charge < -0.3 is 4.74 Å². The lowest BCUT2D eigenvalue weighted by atomic mass is 10.2. The summed E-state index contributed by atoms with van der Waals surface area (Å²) < 4.78 is 20.7. The predicted octanol–water partition coefficient (Wildman–Crippen LogP) is 2.77. The number of hydrogen-bond donors (Lipinski definition) is 0. The van der Waals surface area contributed by atoms with E-state index in [0.717, 1.165) is 11.6 Å². The predicted molar refractivity (Wildman–Crippen MR) is 102 cm³/mol. The molecule has 0 saturated heterocycles. The first-order valence-electron chi connectivity index (χ1n) is 8.63. The lowest BCUT2D eigenvalue weighted by Crippen LogP contribution is -2.44. The first kappa shape index (κ1) is 19.3. The van der Waals surface area contributed by atoms with E-state index >= 15 is 0 Å². The monoisotopic (exact) mass is 385 g/mol. The molecule has 1 amide bonds. The number of anilines is 1. The van der Waals surface area contributed by atoms with Gasteiger partial charge in [-0.25, -0.2) is 14.0 Å². The van der Waals surface area contributed by atoms with Gasteiger partial charge in [-0.05, 0) is 61.0 Å². The van der Waals surface area contributed by atoms with Gasteiger partial charge in [-0.15, -0.1) is 4.68 Å². The fraction of sp³-hybridized carbons (Fsp3) is 0.263. The van der Waals surface area contributed by atoms with E-state index in [2.05, 4.69) is 10.4 Å². The second-order valence-corrected chi connectivity index (χ2v) is 6.46. The molecule has 0 aliphatic carbocycles. The molecule has 146 valence electrons. The summed E-state index contributed by atoms with van der Waals surface area (Å²) in [6, 6.07) is 10.5. The van der Waals surface area contributed by atoms with Gasteiger partial charge in [0.1, 0.15) is 11.4 Å². The van der Waals surface area contributed by atoms with Crippen LogP contribution in [0, 0.1) is 12.7 Å². The molecule has 8 nitrogen and oxygen atoms in total. The van der Waals surface area contributed by atoms with Crippen LogP contribution < -0.4 is 15.3 Å². The van der Waals surface area contributed by atoms with Crippen LogP contribution in [0.25, 0.3) is 5.69 Å². The van der Waals surface area contributed by atoms with Gasteiger partial charge in [-0.3, -0.25) is 4.90 Å². The molecule has 0 spiro atoms. The molecule has 0 unspecified atom stereocenters. The van der Waals surface area contributed by atoms with Gasteiger partial charge in [0, 0.05) is 11.7 Å². The number of hydrogen-bond acceptors (Lipinski definition) is 5. The first-order valence-corrected chi connectivity index (χ1v) is 8.63. The molecule has 28 heavy (non-hydrogen) atoms. The molecule has 0 atom stereocenters. The first-order chi connectivity index (χ1) is 13.3. The molecule has 2 aromatic carbocycles. The van der Waals surface area contributed by atoms with Crippen LogP contribution in [0.4, 0.5) is 14.9 Å². The average Bonchev–Trinajstić information content (AvgIpc) is 3.02. The number of nitrogens with zero attached hydrogens (tertiary/aromatic N) is 5. The van der Waals surface area contributed by atoms with Gasteiger partial charge in [-0.1, -0.05) is 18.2 Å². The summed E-state index contributed by atoms with van der Waals surface area (Å²) in [5.41, 5.74) is 0.473. The maximum absolute atomic E-state index is 14.3. The van der Waals surface area contributed by atoms with Gasteiger partial charge in [0.25, 0.3) is 0 Å². The summed E-state index contributed by atoms with van der Waals surface area (Å²) in [6.45, 7) is 5.53. The molecule has 0 saturated carbocycles. The summed E-state index contributed by atoms with van der Waals surface area (Å²) in [7, 11) is 1.34. The Morgan fingerprint density at radius 1 is 1.18 bits per heavy atom. The normalized spacial score (nSPS) is 10.9. The SMILES string of the molecule is COc1cccc(F)c1-n1nnn(C(=O)N(c2cccc(C)c2)C(C)C)c1=O. The fourth-order valence-electron chi connectivity index (χ4n) is 2.88. The van der Waals surface area contributed by atoms with E-state index in [1.54, 1.807) is 6.07 Å². The number of benzene rings is 2. The largest absolute Gasteiger partial charge is 0.494 e. The summed E-state index contributed by atoms with van der Waals surface area (Å²) in [4.78, 5) is 27.3. The molecule has 0 fully saturated rings. The molecule has 3 aromatic rings. The number of rotatable bonds is 4. The molecular formula is C19H20FN5O3. The van der Waals surface area contributed by atoms with Crippen molar-refractivity contribution in [3.8, 4) is 11.4 Å². The van der Waals surface area contributed by atoms with Gasteiger partial charge >= 0.3 is 11.7 Å². The standard InChI is InChI=1S/C19H20FN5O3/c1-12(2)23(14-8-5-7-13(3)11-14)18(26)25-19(27)24(21-22-25)17-15(20)9-6-10-16(17)28-4/h5-12H,1-4H3. The molecule has 0 aliphatic rings. The van der Waals surface area contributed by atoms with E-state index in [1.165, 1.54) is 24.1 Å². The Kier molecular flexibility index (Phi) is 5.25. The Bertz CT molecular complexity index is 1070. The van der Waals surface area contributed by atoms with Crippen LogP contribution in [0.1, 0.15) is 19.4 Å². The van der Waals surface area contributed by atoms with Crippen LogP contribution in [0.3, 0.4) is 0 Å². The Morgan fingerprint density at radius 3 is 2.54 bits per heavy atom. The Balaban J connectivity index is 2.08. The molecule has 0 aliphatic heterocycles. The Morgan fingerprint density at radius 2 is 1.89 bits per heavy atom. The van der Waals surface area contributed by atoms with E-state index < -0.39 is 17.5 Å². The molecule has 1 aromatic heterocycles. The molecule has 3 rings (SSSR count). The van der Waals surface area contributed by atoms with Crippen LogP contribution in [-0.4, -0.2) is 39.0 Å². The molecule has 0 bridgehead atoms. The highest BCUT2D eigenvalue weighted by Gasteiger charge is 2.26. The summed E-state index contributed by atoms with van der Waals surface area (Å²) in [5.74, 6) is -0.624. The van der Waals surface area contributed by atoms with Crippen LogP contribution in [0.2, 0.25) is 0 Å². The number of aryl methyl sites for hydroxylation is 1. The minimum absolute atomic E-state index is 0.0981. The number of carbonyl (C=O) groups excluding carboxylic acids is 1. The van der Waals surface area contributed by atoms with Gasteiger partial charge in [-0.2, -0.15) is 4.68 Å². The second kappa shape index (κ2) is 7.63. The van der Waals surface area contributed by atoms with Crippen LogP contribution >= 0.6 is 0 Å². The molecular weight excluding hydrogens is 365 g/mol. The third kappa shape index (κ3) is 3.38. The highest BCUT2D eigenvalue weighted by Crippen LogP contribution is 2.24. The zero-order valence-corrected chi connectivity index (χ0v) is 16.0. The van der Waals surface area contributed by atoms with Crippen molar-refractivity contribution in [2.75, 3.05) is 12.0 Å². The topological polar surface area (TPSA) is 82.2 Å². The van der Waals surface area contributed by atoms with Gasteiger partial charge in [0.05, 0.1) is 7.11 Å². The summed E-state index contributed by atoms with van der Waals surface area (Å²) in [5, 5.41) is 7.34. The number of ether oxygens (including phenoxy) is 1. The Hall–Kier alpha value is -3.49. The van der Waals surface area contributed by atoms with Crippen molar-refractivity contribution in [2.24, 2.45) is 0 Å². The summed E-state index contributed by atoms with van der Waals surface area (Å²) in [6.07, 6.45) is 0. The number of methoxy groups -OCH3 is 1. The number of amides is 1. The highest BCUT2D eigenvalue weighted by molar-refractivity contribution is 5.93. The van der Waals surface area contributed by atoms with Crippen molar-refractivity contribution in [3.05, 3.63) is 64.3 Å². The zero-order chi connectivity index (χ0) is 20.4. The number of halogens is 1. The number of tetrazole rings is 1. The van der Waals surface area contributed by atoms with Crippen molar-refractivity contribution in [1.82, 2.24) is 19.8 Å². The van der Waals surface area contributed by atoms with Crippen molar-refractivity contribution in [1.29, 1.82) is 0 Å². The number of carbonyl (C=O) groups is 1. The van der Waals surface area contributed by atoms with Crippen LogP contribution in [-0.2, 0) is 0 Å². The maximum Gasteiger partial charge on any atom is 0.377 e. The maximum atomic E-state index is 14.3. The van der Waals surface area contributed by atoms with Gasteiger partial charge in [0.2, 0.25) is 0 Å². The zero-order valence-electron chi connectivity index (χ0n) is 16.0. The van der Waals surface area contributed by atoms with Crippen molar-refractivity contribution >= 4 is 11.7 Å². The smallest absolute Gasteiger partial charge is 0.377 e. The third-order valence-electron chi connectivity index (χ3n) is 4.15. The highest BCUT2D eigenvalue weighted by atomic mass is 19.1. The van der Waals surface area contributed by atoms with E-state index in [0.29, 0.717) is 15.1 Å². The average molecular weight is 385 g/mol. The van der Waals surface area contributed by atoms with E-state index in [9.17, 15) is 14.0 Å². The van der Waals surface area contributed by atoms with Crippen LogP contribution in [0.15, 0.2) is 47.3 Å². The van der Waals surface area contributed by atoms with Crippen molar-refractivity contribution < 1.29 is 13.9 Å². The number of aromatic nitrogens is 4. The third-order valence-corrected chi connectivity index (χ3v) is 4.15. The minimum Gasteiger partial charge on any atom is -0.494 e. The van der Waals surface area contributed by atoms with Gasteiger partial charge in [0.15, 0.2) is 5.82 Å². The van der Waals surface area contributed by atoms with Crippen molar-refractivity contribution in [3.63, 3.8) is 0 Å². The van der Waals surface area contributed by atoms with Crippen molar-refractivity contribution in [2.45, 2.75) is 26.8 Å². The van der Waals surface area contributed by atoms with Crippen LogP contribution in [0.5, 0.6) is 5.75 Å². The van der Waals surface area contributed by atoms with E-state index in [1.807, 2.05) is 39.0 Å².